The van der Waals surface area contributed by atoms with Crippen LogP contribution in [-0.2, 0) is 18.6 Å². The molecule has 0 spiro atoms. The molecule has 5 aromatic rings. The Morgan fingerprint density at radius 1 is 0.902 bits per heavy atom. The minimum absolute atomic E-state index is 0.0550. The topological polar surface area (TPSA) is 119 Å². The second kappa shape index (κ2) is 15.0. The van der Waals surface area contributed by atoms with E-state index in [0.29, 0.717) is 48.2 Å². The zero-order valence-corrected chi connectivity index (χ0v) is 29.6. The molecule has 1 amide bonds. The van der Waals surface area contributed by atoms with Crippen LogP contribution in [0.2, 0.25) is 0 Å². The average molecular weight is 695 g/mol. The summed E-state index contributed by atoms with van der Waals surface area (Å²) in [6.45, 7) is 6.21. The number of pyridine rings is 1. The molecule has 2 aliphatic rings. The number of carbonyl (C=O) groups excluding carboxylic acids is 1. The van der Waals surface area contributed by atoms with Gasteiger partial charge in [0, 0.05) is 56.1 Å². The molecule has 12 nitrogen and oxygen atoms in total. The number of nitrogens with zero attached hydrogens (tertiary/aromatic N) is 6. The molecule has 0 bridgehead atoms. The smallest absolute Gasteiger partial charge is 0.254 e. The fraction of sp³-hybridized carbons (Fsp3) is 0.410. The average Bonchev–Trinajstić information content (AvgIpc) is 3.88. The van der Waals surface area contributed by atoms with Crippen molar-refractivity contribution in [3.8, 4) is 17.2 Å². The van der Waals surface area contributed by atoms with Gasteiger partial charge in [-0.25, -0.2) is 4.98 Å². The first kappa shape index (κ1) is 34.4. The summed E-state index contributed by atoms with van der Waals surface area (Å²) < 4.78 is 24.7. The van der Waals surface area contributed by atoms with Crippen LogP contribution in [0.1, 0.15) is 46.7 Å². The minimum Gasteiger partial charge on any atom is -0.493 e. The van der Waals surface area contributed by atoms with Crippen LogP contribution < -0.4 is 19.1 Å². The minimum atomic E-state index is -0.199. The van der Waals surface area contributed by atoms with Crippen LogP contribution in [0.25, 0.3) is 11.0 Å². The molecule has 2 aliphatic heterocycles. The summed E-state index contributed by atoms with van der Waals surface area (Å²) in [5, 5.41) is 9.54. The van der Waals surface area contributed by atoms with Crippen LogP contribution in [0, 0.1) is 0 Å². The van der Waals surface area contributed by atoms with Crippen LogP contribution in [0.15, 0.2) is 77.5 Å². The maximum Gasteiger partial charge on any atom is 0.254 e. The fourth-order valence-electron chi connectivity index (χ4n) is 7.70. The van der Waals surface area contributed by atoms with E-state index in [1.165, 1.54) is 5.56 Å². The molecule has 0 aliphatic carbocycles. The number of furan rings is 1. The van der Waals surface area contributed by atoms with Gasteiger partial charge < -0.3 is 43.0 Å². The predicted octanol–water partition coefficient (Wildman–Crippen LogP) is 4.98. The summed E-state index contributed by atoms with van der Waals surface area (Å²) >= 11 is 0. The molecule has 51 heavy (non-hydrogen) atoms. The van der Waals surface area contributed by atoms with Gasteiger partial charge in [0.2, 0.25) is 11.7 Å². The Morgan fingerprint density at radius 2 is 1.67 bits per heavy atom. The molecule has 7 rings (SSSR count). The summed E-state index contributed by atoms with van der Waals surface area (Å²) in [5.41, 5.74) is 3.53. The lowest BCUT2D eigenvalue weighted by Gasteiger charge is -2.33. The number of aliphatic hydroxyl groups is 1. The second-order valence-corrected chi connectivity index (χ2v) is 13.4. The molecule has 2 aromatic carbocycles. The SMILES string of the molecule is COc1cc(C(=O)N2CCC(CCN3CCCN(c4nc5ccccc5n4Cc4ccc(CO)o4)CC3)(c3ccncc3)C2)cc(OC)c1OC. The van der Waals surface area contributed by atoms with Gasteiger partial charge in [-0.1, -0.05) is 12.1 Å². The lowest BCUT2D eigenvalue weighted by Crippen LogP contribution is -2.39. The molecule has 2 saturated heterocycles. The molecule has 0 radical (unpaired) electrons. The van der Waals surface area contributed by atoms with E-state index in [1.807, 2.05) is 41.6 Å². The molecule has 1 N–H and O–H groups in total. The maximum atomic E-state index is 14.0. The van der Waals surface area contributed by atoms with Crippen molar-refractivity contribution < 1.29 is 28.5 Å². The Balaban J connectivity index is 1.07. The number of aromatic nitrogens is 3. The molecular weight excluding hydrogens is 648 g/mol. The number of imidazole rings is 1. The third-order valence-electron chi connectivity index (χ3n) is 10.4. The Bertz CT molecular complexity index is 1940. The number of benzene rings is 2. The molecule has 0 saturated carbocycles. The largest absolute Gasteiger partial charge is 0.493 e. The number of para-hydroxylation sites is 2. The number of aliphatic hydroxyl groups excluding tert-OH is 1. The monoisotopic (exact) mass is 694 g/mol. The number of likely N-dealkylation sites (tertiary alicyclic amines) is 1. The van der Waals surface area contributed by atoms with Crippen molar-refractivity contribution in [2.75, 3.05) is 72.0 Å². The number of hydrogen-bond acceptors (Lipinski definition) is 10. The Kier molecular flexibility index (Phi) is 10.1. The number of anilines is 1. The molecule has 5 heterocycles. The quantitative estimate of drug-likeness (QED) is 0.192. The van der Waals surface area contributed by atoms with Gasteiger partial charge in [0.25, 0.3) is 5.91 Å². The standard InChI is InChI=1S/C39H46N6O6/c1-48-34-23-28(24-35(49-2)36(34)50-3)37(47)44-20-14-39(27-44,29-11-15-40-16-12-29)13-19-42-17-6-18-43(22-21-42)38-41-32-7-4-5-8-33(32)45(38)25-30-9-10-31(26-46)51-30/h4-5,7-12,15-16,23-24,46H,6,13-14,17-22,25-27H2,1-3H3. The van der Waals surface area contributed by atoms with Gasteiger partial charge in [-0.05, 0) is 86.4 Å². The van der Waals surface area contributed by atoms with Crippen LogP contribution in [0.4, 0.5) is 5.95 Å². The highest BCUT2D eigenvalue weighted by Gasteiger charge is 2.42. The van der Waals surface area contributed by atoms with E-state index in [1.54, 1.807) is 33.5 Å². The number of hydrogen-bond donors (Lipinski definition) is 1. The van der Waals surface area contributed by atoms with Gasteiger partial charge in [0.1, 0.15) is 18.1 Å². The van der Waals surface area contributed by atoms with E-state index in [2.05, 4.69) is 43.6 Å². The number of ether oxygens (including phenoxy) is 3. The fourth-order valence-corrected chi connectivity index (χ4v) is 7.70. The van der Waals surface area contributed by atoms with Gasteiger partial charge in [0.05, 0.1) is 38.9 Å². The van der Waals surface area contributed by atoms with Crippen LogP contribution in [-0.4, -0.2) is 102 Å². The van der Waals surface area contributed by atoms with Crippen molar-refractivity contribution in [3.63, 3.8) is 0 Å². The van der Waals surface area contributed by atoms with Gasteiger partial charge in [-0.2, -0.15) is 0 Å². The summed E-state index contributed by atoms with van der Waals surface area (Å²) in [4.78, 5) is 30.2. The molecule has 12 heteroatoms. The van der Waals surface area contributed by atoms with Gasteiger partial charge in [0.15, 0.2) is 11.5 Å². The number of rotatable bonds is 12. The highest BCUT2D eigenvalue weighted by Crippen LogP contribution is 2.41. The Labute approximate surface area is 298 Å². The Morgan fingerprint density at radius 3 is 2.39 bits per heavy atom. The van der Waals surface area contributed by atoms with E-state index in [-0.39, 0.29) is 17.9 Å². The predicted molar refractivity (Wildman–Crippen MR) is 194 cm³/mol. The zero-order chi connectivity index (χ0) is 35.4. The number of carbonyl (C=O) groups is 1. The number of methoxy groups -OCH3 is 3. The molecule has 1 unspecified atom stereocenters. The van der Waals surface area contributed by atoms with E-state index >= 15 is 0 Å². The summed E-state index contributed by atoms with van der Waals surface area (Å²) in [5.74, 6) is 3.61. The zero-order valence-electron chi connectivity index (χ0n) is 29.6. The van der Waals surface area contributed by atoms with Crippen molar-refractivity contribution >= 4 is 22.9 Å². The molecule has 1 atom stereocenters. The summed E-state index contributed by atoms with van der Waals surface area (Å²) in [6, 6.07) is 19.6. The van der Waals surface area contributed by atoms with Crippen LogP contribution in [0.5, 0.6) is 17.2 Å². The van der Waals surface area contributed by atoms with Crippen molar-refractivity contribution in [1.29, 1.82) is 0 Å². The van der Waals surface area contributed by atoms with E-state index in [0.717, 1.165) is 74.7 Å². The maximum absolute atomic E-state index is 14.0. The first-order valence-corrected chi connectivity index (χ1v) is 17.6. The second-order valence-electron chi connectivity index (χ2n) is 13.4. The molecule has 268 valence electrons. The van der Waals surface area contributed by atoms with Crippen LogP contribution in [0.3, 0.4) is 0 Å². The van der Waals surface area contributed by atoms with Gasteiger partial charge in [-0.15, -0.1) is 0 Å². The highest BCUT2D eigenvalue weighted by atomic mass is 16.5. The van der Waals surface area contributed by atoms with Gasteiger partial charge in [-0.3, -0.25) is 9.78 Å². The van der Waals surface area contributed by atoms with Crippen molar-refractivity contribution in [2.24, 2.45) is 0 Å². The summed E-state index contributed by atoms with van der Waals surface area (Å²) in [6.07, 6.45) is 6.49. The third-order valence-corrected chi connectivity index (χ3v) is 10.4. The lowest BCUT2D eigenvalue weighted by atomic mass is 9.77. The molecule has 3 aromatic heterocycles. The van der Waals surface area contributed by atoms with Crippen molar-refractivity contribution in [2.45, 2.75) is 37.8 Å². The normalized spacial score (nSPS) is 18.3. The van der Waals surface area contributed by atoms with E-state index in [9.17, 15) is 9.90 Å². The van der Waals surface area contributed by atoms with E-state index < -0.39 is 0 Å². The lowest BCUT2D eigenvalue weighted by molar-refractivity contribution is 0.0780. The number of amides is 1. The number of fused-ring (bicyclic) bond motifs is 1. The van der Waals surface area contributed by atoms with Crippen LogP contribution >= 0.6 is 0 Å². The van der Waals surface area contributed by atoms with E-state index in [4.69, 9.17) is 23.6 Å². The third kappa shape index (κ3) is 6.98. The van der Waals surface area contributed by atoms with Crippen molar-refractivity contribution in [3.05, 3.63) is 95.7 Å². The van der Waals surface area contributed by atoms with Gasteiger partial charge >= 0.3 is 0 Å². The first-order chi connectivity index (χ1) is 24.9. The van der Waals surface area contributed by atoms with Crippen molar-refractivity contribution in [1.82, 2.24) is 24.3 Å². The first-order valence-electron chi connectivity index (χ1n) is 17.6. The molecule has 2 fully saturated rings. The summed E-state index contributed by atoms with van der Waals surface area (Å²) in [7, 11) is 4.67. The molecular formula is C39H46N6O6. The Hall–Kier alpha value is -5.07. The highest BCUT2D eigenvalue weighted by molar-refractivity contribution is 5.96.